The van der Waals surface area contributed by atoms with Gasteiger partial charge in [-0.2, -0.15) is 0 Å². The number of carbonyl (C=O) groups is 7. The highest BCUT2D eigenvalue weighted by Gasteiger charge is 2.53. The maximum absolute atomic E-state index is 12.3. The molecule has 1 aromatic rings. The normalized spacial score (nSPS) is 22.2. The van der Waals surface area contributed by atoms with Gasteiger partial charge in [0, 0.05) is 53.4 Å². The van der Waals surface area contributed by atoms with Gasteiger partial charge in [0.2, 0.25) is 0 Å². The molecule has 18 heteroatoms. The lowest BCUT2D eigenvalue weighted by Crippen LogP contribution is -2.63. The molecule has 0 aromatic heterocycles. The number of hydrogen-bond donors (Lipinski definition) is 0. The van der Waals surface area contributed by atoms with Gasteiger partial charge in [-0.1, -0.05) is 30.0 Å². The van der Waals surface area contributed by atoms with Gasteiger partial charge in [0.15, 0.2) is 30.7 Å². The molecule has 9 atom stereocenters. The van der Waals surface area contributed by atoms with Gasteiger partial charge in [0.25, 0.3) is 0 Å². The summed E-state index contributed by atoms with van der Waals surface area (Å²) < 4.78 is 56.0. The summed E-state index contributed by atoms with van der Waals surface area (Å²) in [7, 11) is 0. The fraction of sp³-hybridized carbons (Fsp3) is 0.606. The van der Waals surface area contributed by atoms with Gasteiger partial charge >= 0.3 is 41.8 Å². The lowest BCUT2D eigenvalue weighted by Gasteiger charge is -2.45. The number of hydrogen-bond acceptors (Lipinski definition) is 18. The zero-order valence-corrected chi connectivity index (χ0v) is 30.4. The highest BCUT2D eigenvalue weighted by Crippen LogP contribution is 2.33. The zero-order chi connectivity index (χ0) is 38.2. The number of rotatable bonds is 18. The predicted octanol–water partition coefficient (Wildman–Crippen LogP) is 2.04. The Morgan fingerprint density at radius 1 is 0.647 bits per heavy atom. The molecule has 2 rings (SSSR count). The lowest BCUT2D eigenvalue weighted by atomic mass is 9.98. The molecule has 17 nitrogen and oxygen atoms in total. The van der Waals surface area contributed by atoms with Crippen LogP contribution in [0.15, 0.2) is 35.2 Å². The first-order valence-electron chi connectivity index (χ1n) is 15.7. The number of esters is 7. The molecule has 1 saturated heterocycles. The van der Waals surface area contributed by atoms with Crippen LogP contribution in [0.2, 0.25) is 0 Å². The van der Waals surface area contributed by atoms with Gasteiger partial charge in [0.05, 0.1) is 6.10 Å². The molecule has 51 heavy (non-hydrogen) atoms. The maximum Gasteiger partial charge on any atom is 0.303 e. The quantitative estimate of drug-likeness (QED) is 0.0910. The molecule has 0 aliphatic carbocycles. The van der Waals surface area contributed by atoms with Gasteiger partial charge in [-0.3, -0.25) is 33.6 Å². The van der Waals surface area contributed by atoms with E-state index >= 15 is 0 Å². The molecule has 0 spiro atoms. The molecule has 0 N–H and O–H groups in total. The average Bonchev–Trinajstić information content (AvgIpc) is 3.02. The van der Waals surface area contributed by atoms with Crippen LogP contribution in [0, 0.1) is 0 Å². The van der Waals surface area contributed by atoms with Crippen molar-refractivity contribution >= 4 is 53.5 Å². The van der Waals surface area contributed by atoms with Gasteiger partial charge in [-0.15, -0.1) is 0 Å². The Labute approximate surface area is 299 Å². The summed E-state index contributed by atoms with van der Waals surface area (Å²) in [4.78, 5) is 84.8. The van der Waals surface area contributed by atoms with Crippen molar-refractivity contribution in [3.63, 3.8) is 0 Å². The molecule has 1 aliphatic heterocycles. The van der Waals surface area contributed by atoms with E-state index in [-0.39, 0.29) is 0 Å². The van der Waals surface area contributed by atoms with Crippen molar-refractivity contribution in [1.82, 2.24) is 0 Å². The topological polar surface area (TPSA) is 212 Å². The predicted molar refractivity (Wildman–Crippen MR) is 172 cm³/mol. The van der Waals surface area contributed by atoms with Crippen LogP contribution < -0.4 is 0 Å². The van der Waals surface area contributed by atoms with Crippen LogP contribution >= 0.6 is 11.8 Å². The molecule has 0 bridgehead atoms. The van der Waals surface area contributed by atoms with Crippen molar-refractivity contribution in [2.24, 2.45) is 0 Å². The summed E-state index contributed by atoms with van der Waals surface area (Å²) in [6.07, 6.45) is -10.8. The van der Waals surface area contributed by atoms with E-state index in [4.69, 9.17) is 47.4 Å². The van der Waals surface area contributed by atoms with Crippen LogP contribution in [0.25, 0.3) is 0 Å². The van der Waals surface area contributed by atoms with Gasteiger partial charge < -0.3 is 47.4 Å². The standard InChI is InChI=1S/C33H44O17S/c1-17(44-32-31(48-24(8)40)30(47-23(7)39)29(46-22(6)38)27(49-32)15-42-19(3)35)26(14-41-18(2)34)50-33(51-25-12-10-9-11-13-25)28(45-21(5)37)16-43-20(4)36/h9-13,17,26-33H,14-16H2,1-8H3/t17-,26?,27?,28-,29?,30?,31?,32?,33?/m0/s1. The molecule has 0 amide bonds. The van der Waals surface area contributed by atoms with Crippen LogP contribution in [0.1, 0.15) is 55.4 Å². The minimum Gasteiger partial charge on any atom is -0.463 e. The lowest BCUT2D eigenvalue weighted by molar-refractivity contribution is -0.322. The summed E-state index contributed by atoms with van der Waals surface area (Å²) in [5.74, 6) is -5.22. The fourth-order valence-corrected chi connectivity index (χ4v) is 5.73. The summed E-state index contributed by atoms with van der Waals surface area (Å²) in [6.45, 7) is 8.08. The maximum atomic E-state index is 12.3. The number of ether oxygens (including phenoxy) is 10. The first-order valence-corrected chi connectivity index (χ1v) is 16.6. The number of benzene rings is 1. The van der Waals surface area contributed by atoms with E-state index in [0.717, 1.165) is 46.4 Å². The first-order chi connectivity index (χ1) is 24.0. The van der Waals surface area contributed by atoms with Gasteiger partial charge in [-0.25, -0.2) is 0 Å². The van der Waals surface area contributed by atoms with E-state index in [2.05, 4.69) is 0 Å². The second kappa shape index (κ2) is 21.2. The smallest absolute Gasteiger partial charge is 0.303 e. The SMILES string of the molecule is CC(=O)OCC1OC(O[C@@H](C)C(COC(C)=O)OC(Sc2ccccc2)[C@H](COC(C)=O)OC(C)=O)C(OC(C)=O)C(OC(C)=O)C1OC(C)=O. The van der Waals surface area contributed by atoms with E-state index in [1.54, 1.807) is 30.3 Å². The van der Waals surface area contributed by atoms with Crippen molar-refractivity contribution in [1.29, 1.82) is 0 Å². The van der Waals surface area contributed by atoms with Crippen LogP contribution in [-0.2, 0) is 80.9 Å². The summed E-state index contributed by atoms with van der Waals surface area (Å²) >= 11 is 1.11. The summed E-state index contributed by atoms with van der Waals surface area (Å²) in [5, 5.41) is 0. The molecular weight excluding hydrogens is 700 g/mol. The van der Waals surface area contributed by atoms with Crippen LogP contribution in [0.5, 0.6) is 0 Å². The fourth-order valence-electron chi connectivity index (χ4n) is 4.66. The molecule has 0 saturated carbocycles. The number of thioether (sulfide) groups is 1. The second-order valence-electron chi connectivity index (χ2n) is 11.1. The highest BCUT2D eigenvalue weighted by molar-refractivity contribution is 7.99. The summed E-state index contributed by atoms with van der Waals surface area (Å²) in [6, 6.07) is 8.83. The second-order valence-corrected chi connectivity index (χ2v) is 12.3. The monoisotopic (exact) mass is 744 g/mol. The molecule has 1 heterocycles. The molecule has 0 radical (unpaired) electrons. The Balaban J connectivity index is 2.57. The third-order valence-electron chi connectivity index (χ3n) is 6.65. The Hall–Kier alpha value is -4.26. The summed E-state index contributed by atoms with van der Waals surface area (Å²) in [5.41, 5.74) is -1.10. The van der Waals surface area contributed by atoms with Crippen molar-refractivity contribution in [2.75, 3.05) is 19.8 Å². The third kappa shape index (κ3) is 15.7. The molecule has 1 aromatic carbocycles. The van der Waals surface area contributed by atoms with Crippen molar-refractivity contribution in [3.05, 3.63) is 30.3 Å². The minimum absolute atomic E-state index is 0.394. The van der Waals surface area contributed by atoms with E-state index in [9.17, 15) is 33.6 Å². The molecular formula is C33H44O17S. The van der Waals surface area contributed by atoms with E-state index in [1.807, 2.05) is 0 Å². The Bertz CT molecular complexity index is 1350. The molecule has 1 fully saturated rings. The van der Waals surface area contributed by atoms with E-state index < -0.39 is 116 Å². The zero-order valence-electron chi connectivity index (χ0n) is 29.6. The number of carbonyl (C=O) groups excluding carboxylic acids is 7. The molecule has 284 valence electrons. The molecule has 1 aliphatic rings. The van der Waals surface area contributed by atoms with Crippen LogP contribution in [0.3, 0.4) is 0 Å². The van der Waals surface area contributed by atoms with E-state index in [1.165, 1.54) is 20.8 Å². The van der Waals surface area contributed by atoms with Crippen LogP contribution in [0.4, 0.5) is 0 Å². The Morgan fingerprint density at radius 3 is 1.67 bits per heavy atom. The third-order valence-corrected chi connectivity index (χ3v) is 7.84. The van der Waals surface area contributed by atoms with Gasteiger partial charge in [0.1, 0.15) is 37.5 Å². The first kappa shape index (κ1) is 42.9. The van der Waals surface area contributed by atoms with Crippen LogP contribution in [-0.4, -0.2) is 116 Å². The minimum atomic E-state index is -1.59. The Morgan fingerprint density at radius 2 is 1.16 bits per heavy atom. The van der Waals surface area contributed by atoms with E-state index in [0.29, 0.717) is 4.90 Å². The van der Waals surface area contributed by atoms with Crippen molar-refractivity contribution < 1.29 is 80.9 Å². The molecule has 7 unspecified atom stereocenters. The van der Waals surface area contributed by atoms with Gasteiger partial charge in [-0.05, 0) is 19.1 Å². The van der Waals surface area contributed by atoms with Crippen molar-refractivity contribution in [2.45, 2.75) is 115 Å². The average molecular weight is 745 g/mol. The van der Waals surface area contributed by atoms with Crippen molar-refractivity contribution in [3.8, 4) is 0 Å². The highest BCUT2D eigenvalue weighted by atomic mass is 32.2. The largest absolute Gasteiger partial charge is 0.463 e. The Kier molecular flexibility index (Phi) is 17.8.